The van der Waals surface area contributed by atoms with E-state index in [-0.39, 0.29) is 42.9 Å². The highest BCUT2D eigenvalue weighted by molar-refractivity contribution is 5.93. The zero-order chi connectivity index (χ0) is 28.6. The SMILES string of the molecule is COCCCCc1c(C(=O)N(CC(C)C)[C@H]2C[C@@H](N3CCCCC3=O)CN(C(=O)O)C2)nnn1-c1ccccc1. The van der Waals surface area contributed by atoms with Crippen LogP contribution in [0.15, 0.2) is 30.3 Å². The van der Waals surface area contributed by atoms with Crippen LogP contribution in [0.1, 0.15) is 68.6 Å². The highest BCUT2D eigenvalue weighted by Crippen LogP contribution is 2.27. The average Bonchev–Trinajstić information content (AvgIpc) is 3.38. The Kier molecular flexibility index (Phi) is 10.1. The number of carboxylic acid groups (broad SMARTS) is 1. The molecule has 3 heterocycles. The minimum absolute atomic E-state index is 0.0631. The number of piperidine rings is 2. The molecule has 4 rings (SSSR count). The van der Waals surface area contributed by atoms with Crippen LogP contribution < -0.4 is 0 Å². The van der Waals surface area contributed by atoms with Crippen molar-refractivity contribution < 1.29 is 24.2 Å². The van der Waals surface area contributed by atoms with Gasteiger partial charge >= 0.3 is 6.09 Å². The summed E-state index contributed by atoms with van der Waals surface area (Å²) in [7, 11) is 1.67. The van der Waals surface area contributed by atoms with Gasteiger partial charge in [0.2, 0.25) is 5.91 Å². The van der Waals surface area contributed by atoms with E-state index < -0.39 is 6.09 Å². The topological polar surface area (TPSA) is 121 Å². The number of ether oxygens (including phenoxy) is 1. The molecule has 2 fully saturated rings. The number of nitrogens with zero attached hydrogens (tertiary/aromatic N) is 6. The Hall–Kier alpha value is -3.47. The van der Waals surface area contributed by atoms with Crippen molar-refractivity contribution in [3.63, 3.8) is 0 Å². The molecule has 11 heteroatoms. The Morgan fingerprint density at radius 3 is 2.60 bits per heavy atom. The van der Waals surface area contributed by atoms with Crippen molar-refractivity contribution in [2.75, 3.05) is 39.9 Å². The lowest BCUT2D eigenvalue weighted by atomic mass is 9.95. The largest absolute Gasteiger partial charge is 0.465 e. The monoisotopic (exact) mass is 554 g/mol. The molecule has 2 atom stereocenters. The van der Waals surface area contributed by atoms with E-state index in [2.05, 4.69) is 10.3 Å². The van der Waals surface area contributed by atoms with Crippen molar-refractivity contribution in [1.29, 1.82) is 0 Å². The van der Waals surface area contributed by atoms with Crippen LogP contribution in [0.3, 0.4) is 0 Å². The molecule has 1 aromatic heterocycles. The summed E-state index contributed by atoms with van der Waals surface area (Å²) in [5.41, 5.74) is 1.85. The third-order valence-corrected chi connectivity index (χ3v) is 7.72. The van der Waals surface area contributed by atoms with E-state index >= 15 is 0 Å². The van der Waals surface area contributed by atoms with Gasteiger partial charge in [0.15, 0.2) is 5.69 Å². The Bertz CT molecular complexity index is 1150. The number of unbranched alkanes of at least 4 members (excludes halogenated alkanes) is 1. The lowest BCUT2D eigenvalue weighted by Gasteiger charge is -2.46. The number of rotatable bonds is 11. The molecule has 2 aromatic rings. The molecule has 1 aromatic carbocycles. The standard InChI is InChI=1S/C29H42N6O5/c1-21(2)18-34(24-17-23(19-32(20-24)29(38)39)33-15-9-7-14-26(33)36)28(37)27-25(13-8-10-16-40-3)35(31-30-27)22-11-5-4-6-12-22/h4-6,11-12,21,23-24H,7-10,13-20H2,1-3H3,(H,38,39)/t23-,24+/m1/s1. The van der Waals surface area contributed by atoms with E-state index in [0.717, 1.165) is 37.1 Å². The van der Waals surface area contributed by atoms with Gasteiger partial charge in [0.1, 0.15) is 0 Å². The first-order valence-corrected chi connectivity index (χ1v) is 14.4. The van der Waals surface area contributed by atoms with Crippen molar-refractivity contribution in [1.82, 2.24) is 29.7 Å². The molecule has 3 amide bonds. The normalized spacial score (nSPS) is 19.8. The maximum Gasteiger partial charge on any atom is 0.407 e. The molecular weight excluding hydrogens is 512 g/mol. The summed E-state index contributed by atoms with van der Waals surface area (Å²) in [5, 5.41) is 18.7. The second-order valence-electron chi connectivity index (χ2n) is 11.2. The number of hydrogen-bond donors (Lipinski definition) is 1. The predicted molar refractivity (Wildman–Crippen MR) is 149 cm³/mol. The van der Waals surface area contributed by atoms with Gasteiger partial charge in [0.05, 0.1) is 23.5 Å². The zero-order valence-electron chi connectivity index (χ0n) is 23.9. The molecule has 11 nitrogen and oxygen atoms in total. The number of likely N-dealkylation sites (tertiary alicyclic amines) is 2. The smallest absolute Gasteiger partial charge is 0.407 e. The first-order chi connectivity index (χ1) is 19.3. The van der Waals surface area contributed by atoms with E-state index in [4.69, 9.17) is 4.74 Å². The molecule has 0 spiro atoms. The van der Waals surface area contributed by atoms with Crippen LogP contribution in [0.25, 0.3) is 5.69 Å². The fraction of sp³-hybridized carbons (Fsp3) is 0.621. The van der Waals surface area contributed by atoms with E-state index in [1.54, 1.807) is 16.7 Å². The van der Waals surface area contributed by atoms with Crippen molar-refractivity contribution in [3.8, 4) is 5.69 Å². The van der Waals surface area contributed by atoms with Crippen LogP contribution in [0, 0.1) is 5.92 Å². The van der Waals surface area contributed by atoms with Crippen LogP contribution in [0.4, 0.5) is 4.79 Å². The van der Waals surface area contributed by atoms with E-state index in [1.807, 2.05) is 49.1 Å². The van der Waals surface area contributed by atoms with Crippen LogP contribution in [0.5, 0.6) is 0 Å². The number of carbonyl (C=O) groups excluding carboxylic acids is 2. The quantitative estimate of drug-likeness (QED) is 0.422. The average molecular weight is 555 g/mol. The molecule has 2 aliphatic heterocycles. The van der Waals surface area contributed by atoms with Gasteiger partial charge in [0, 0.05) is 46.3 Å². The minimum Gasteiger partial charge on any atom is -0.465 e. The maximum absolute atomic E-state index is 14.3. The third-order valence-electron chi connectivity index (χ3n) is 7.72. The summed E-state index contributed by atoms with van der Waals surface area (Å²) < 4.78 is 6.95. The predicted octanol–water partition coefficient (Wildman–Crippen LogP) is 3.47. The zero-order valence-corrected chi connectivity index (χ0v) is 23.9. The summed E-state index contributed by atoms with van der Waals surface area (Å²) in [5.74, 6) is -0.0414. The fourth-order valence-corrected chi connectivity index (χ4v) is 5.80. The van der Waals surface area contributed by atoms with E-state index in [9.17, 15) is 19.5 Å². The second kappa shape index (κ2) is 13.7. The molecule has 40 heavy (non-hydrogen) atoms. The van der Waals surface area contributed by atoms with Gasteiger partial charge in [-0.05, 0) is 56.6 Å². The van der Waals surface area contributed by atoms with Crippen LogP contribution >= 0.6 is 0 Å². The molecule has 2 saturated heterocycles. The minimum atomic E-state index is -1.04. The van der Waals surface area contributed by atoms with Crippen molar-refractivity contribution in [2.45, 2.75) is 70.9 Å². The van der Waals surface area contributed by atoms with Gasteiger partial charge in [-0.2, -0.15) is 0 Å². The van der Waals surface area contributed by atoms with Gasteiger partial charge in [-0.15, -0.1) is 5.10 Å². The molecule has 0 bridgehead atoms. The number of hydrogen-bond acceptors (Lipinski definition) is 6. The molecule has 2 aliphatic rings. The summed E-state index contributed by atoms with van der Waals surface area (Å²) >= 11 is 0. The number of methoxy groups -OCH3 is 1. The maximum atomic E-state index is 14.3. The van der Waals surface area contributed by atoms with Crippen molar-refractivity contribution >= 4 is 17.9 Å². The van der Waals surface area contributed by atoms with Crippen LogP contribution in [-0.4, -0.2) is 105 Å². The summed E-state index contributed by atoms with van der Waals surface area (Å²) in [4.78, 5) is 44.2. The molecule has 0 aliphatic carbocycles. The number of para-hydroxylation sites is 1. The summed E-state index contributed by atoms with van der Waals surface area (Å²) in [6.45, 7) is 6.22. The number of benzene rings is 1. The highest BCUT2D eigenvalue weighted by atomic mass is 16.5. The third kappa shape index (κ3) is 6.99. The second-order valence-corrected chi connectivity index (χ2v) is 11.2. The van der Waals surface area contributed by atoms with Crippen molar-refractivity contribution in [3.05, 3.63) is 41.7 Å². The Morgan fingerprint density at radius 2 is 1.93 bits per heavy atom. The molecule has 1 N–H and O–H groups in total. The molecule has 0 unspecified atom stereocenters. The molecular formula is C29H42N6O5. The Balaban J connectivity index is 1.67. The van der Waals surface area contributed by atoms with E-state index in [1.165, 1.54) is 4.90 Å². The van der Waals surface area contributed by atoms with Gasteiger partial charge in [-0.25, -0.2) is 9.48 Å². The molecule has 0 radical (unpaired) electrons. The van der Waals surface area contributed by atoms with E-state index in [0.29, 0.717) is 44.7 Å². The first-order valence-electron chi connectivity index (χ1n) is 14.4. The van der Waals surface area contributed by atoms with Crippen LogP contribution in [0.2, 0.25) is 0 Å². The van der Waals surface area contributed by atoms with Crippen molar-refractivity contribution in [2.24, 2.45) is 5.92 Å². The number of aromatic nitrogens is 3. The Morgan fingerprint density at radius 1 is 1.15 bits per heavy atom. The van der Waals surface area contributed by atoms with Crippen LogP contribution in [-0.2, 0) is 16.0 Å². The van der Waals surface area contributed by atoms with Gasteiger partial charge < -0.3 is 24.5 Å². The van der Waals surface area contributed by atoms with Gasteiger partial charge in [0.25, 0.3) is 5.91 Å². The first kappa shape index (κ1) is 29.5. The summed E-state index contributed by atoms with van der Waals surface area (Å²) in [6, 6.07) is 8.97. The molecule has 0 saturated carbocycles. The lowest BCUT2D eigenvalue weighted by molar-refractivity contribution is -0.137. The fourth-order valence-electron chi connectivity index (χ4n) is 5.80. The highest BCUT2D eigenvalue weighted by Gasteiger charge is 2.40. The lowest BCUT2D eigenvalue weighted by Crippen LogP contribution is -2.61. The summed E-state index contributed by atoms with van der Waals surface area (Å²) in [6.07, 6.45) is 3.97. The van der Waals surface area contributed by atoms with Gasteiger partial charge in [-0.1, -0.05) is 37.3 Å². The molecule has 218 valence electrons. The van der Waals surface area contributed by atoms with Gasteiger partial charge in [-0.3, -0.25) is 9.59 Å². The number of amides is 3. The number of carbonyl (C=O) groups is 3. The Labute approximate surface area is 236 Å².